The summed E-state index contributed by atoms with van der Waals surface area (Å²) in [6.45, 7) is 6.42. The van der Waals surface area contributed by atoms with Crippen LogP contribution in [-0.4, -0.2) is 30.4 Å². The van der Waals surface area contributed by atoms with E-state index < -0.39 is 0 Å². The van der Waals surface area contributed by atoms with Gasteiger partial charge < -0.3 is 14.2 Å². The van der Waals surface area contributed by atoms with Gasteiger partial charge in [0, 0.05) is 22.0 Å². The van der Waals surface area contributed by atoms with Crippen molar-refractivity contribution in [3.8, 4) is 0 Å². The second-order valence-corrected chi connectivity index (χ2v) is 8.38. The van der Waals surface area contributed by atoms with E-state index in [4.69, 9.17) is 8.83 Å². The van der Waals surface area contributed by atoms with E-state index in [2.05, 4.69) is 26.1 Å². The lowest BCUT2D eigenvalue weighted by molar-refractivity contribution is 0.0888. The molecular weight excluding hydrogens is 420 g/mol. The van der Waals surface area contributed by atoms with Crippen LogP contribution in [0, 0.1) is 13.8 Å². The van der Waals surface area contributed by atoms with Gasteiger partial charge in [-0.2, -0.15) is 0 Å². The van der Waals surface area contributed by atoms with E-state index in [-0.39, 0.29) is 11.9 Å². The minimum atomic E-state index is -0.185. The van der Waals surface area contributed by atoms with Crippen LogP contribution in [0.25, 0.3) is 11.0 Å². The average molecular weight is 445 g/mol. The largest absolute Gasteiger partial charge is 0.465 e. The minimum absolute atomic E-state index is 0.0387. The lowest BCUT2D eigenvalue weighted by atomic mass is 10.1. The molecule has 1 aliphatic heterocycles. The van der Waals surface area contributed by atoms with Crippen molar-refractivity contribution in [2.45, 2.75) is 39.2 Å². The summed E-state index contributed by atoms with van der Waals surface area (Å²) in [6.07, 6.45) is 3.63. The van der Waals surface area contributed by atoms with Crippen molar-refractivity contribution >= 4 is 32.8 Å². The monoisotopic (exact) mass is 444 g/mol. The summed E-state index contributed by atoms with van der Waals surface area (Å²) in [5.74, 6) is 1.99. The smallest absolute Gasteiger partial charge is 0.287 e. The first-order chi connectivity index (χ1) is 13.5. The second-order valence-electron chi connectivity index (χ2n) is 7.47. The molecule has 1 atom stereocenters. The molecule has 1 aliphatic rings. The van der Waals surface area contributed by atoms with Gasteiger partial charge in [-0.15, -0.1) is 0 Å². The summed E-state index contributed by atoms with van der Waals surface area (Å²) in [6, 6.07) is 9.81. The number of furan rings is 2. The molecule has 148 valence electrons. The molecule has 0 aliphatic carbocycles. The van der Waals surface area contributed by atoms with Crippen molar-refractivity contribution in [1.29, 1.82) is 0 Å². The Hall–Kier alpha value is -2.05. The molecule has 6 heteroatoms. The van der Waals surface area contributed by atoms with Crippen LogP contribution in [0.15, 0.2) is 43.6 Å². The van der Waals surface area contributed by atoms with E-state index in [1.807, 2.05) is 44.2 Å². The zero-order chi connectivity index (χ0) is 19.7. The van der Waals surface area contributed by atoms with Gasteiger partial charge in [0.15, 0.2) is 5.76 Å². The topological polar surface area (TPSA) is 58.6 Å². The number of nitrogens with one attached hydrogen (secondary N) is 1. The van der Waals surface area contributed by atoms with Crippen LogP contribution in [0.1, 0.15) is 52.9 Å². The van der Waals surface area contributed by atoms with E-state index in [1.165, 1.54) is 19.3 Å². The Morgan fingerprint density at radius 2 is 1.93 bits per heavy atom. The van der Waals surface area contributed by atoms with Crippen LogP contribution < -0.4 is 5.32 Å². The molecule has 5 nitrogen and oxygen atoms in total. The molecule has 3 aromatic rings. The molecule has 1 fully saturated rings. The molecule has 1 saturated heterocycles. The molecule has 0 radical (unpaired) electrons. The summed E-state index contributed by atoms with van der Waals surface area (Å²) in [4.78, 5) is 15.3. The number of fused-ring (bicyclic) bond motifs is 1. The van der Waals surface area contributed by atoms with Crippen LogP contribution in [0.4, 0.5) is 0 Å². The van der Waals surface area contributed by atoms with E-state index in [1.54, 1.807) is 0 Å². The molecule has 0 bridgehead atoms. The summed E-state index contributed by atoms with van der Waals surface area (Å²) < 4.78 is 12.7. The van der Waals surface area contributed by atoms with Gasteiger partial charge >= 0.3 is 0 Å². The number of likely N-dealkylation sites (tertiary alicyclic amines) is 1. The van der Waals surface area contributed by atoms with Gasteiger partial charge in [-0.25, -0.2) is 0 Å². The summed E-state index contributed by atoms with van der Waals surface area (Å²) in [5.41, 5.74) is 1.58. The number of halogens is 1. The highest BCUT2D eigenvalue weighted by molar-refractivity contribution is 9.10. The second kappa shape index (κ2) is 8.13. The molecule has 0 saturated carbocycles. The maximum absolute atomic E-state index is 12.9. The number of carbonyl (C=O) groups is 1. The Balaban J connectivity index is 1.53. The fourth-order valence-corrected chi connectivity index (χ4v) is 4.31. The number of hydrogen-bond acceptors (Lipinski definition) is 4. The van der Waals surface area contributed by atoms with Gasteiger partial charge in [0.25, 0.3) is 5.91 Å². The highest BCUT2D eigenvalue weighted by atomic mass is 79.9. The molecule has 2 aromatic heterocycles. The number of aryl methyl sites for hydroxylation is 2. The van der Waals surface area contributed by atoms with Crippen molar-refractivity contribution < 1.29 is 13.6 Å². The van der Waals surface area contributed by atoms with Gasteiger partial charge in [-0.1, -0.05) is 22.4 Å². The van der Waals surface area contributed by atoms with Crippen LogP contribution in [0.3, 0.4) is 0 Å². The van der Waals surface area contributed by atoms with E-state index in [0.29, 0.717) is 12.3 Å². The number of carbonyl (C=O) groups excluding carboxylic acids is 1. The number of piperidine rings is 1. The van der Waals surface area contributed by atoms with Crippen molar-refractivity contribution in [3.63, 3.8) is 0 Å². The minimum Gasteiger partial charge on any atom is -0.465 e. The first kappa shape index (κ1) is 19.3. The van der Waals surface area contributed by atoms with Gasteiger partial charge in [-0.05, 0) is 70.1 Å². The molecule has 0 spiro atoms. The Morgan fingerprint density at radius 3 is 2.64 bits per heavy atom. The predicted octanol–water partition coefficient (Wildman–Crippen LogP) is 5.36. The van der Waals surface area contributed by atoms with E-state index in [0.717, 1.165) is 45.6 Å². The summed E-state index contributed by atoms with van der Waals surface area (Å²) in [5, 5.41) is 4.03. The lowest BCUT2D eigenvalue weighted by Gasteiger charge is -2.33. The highest BCUT2D eigenvalue weighted by Gasteiger charge is 2.26. The van der Waals surface area contributed by atoms with Gasteiger partial charge in [-0.3, -0.25) is 9.69 Å². The number of rotatable bonds is 5. The fraction of sp³-hybridized carbons (Fsp3) is 0.409. The average Bonchev–Trinajstić information content (AvgIpc) is 3.26. The Morgan fingerprint density at radius 1 is 1.14 bits per heavy atom. The SMILES string of the molecule is Cc1ccc([C@@H](CNC(=O)c2oc3ccc(Br)cc3c2C)N2CCCCC2)o1. The molecule has 1 amide bonds. The van der Waals surface area contributed by atoms with Crippen LogP contribution in [0.2, 0.25) is 0 Å². The number of amides is 1. The first-order valence-corrected chi connectivity index (χ1v) is 10.6. The Bertz CT molecular complexity index is 985. The quantitative estimate of drug-likeness (QED) is 0.574. The molecule has 4 rings (SSSR count). The number of benzene rings is 1. The molecular formula is C22H25BrN2O3. The van der Waals surface area contributed by atoms with Gasteiger partial charge in [0.05, 0.1) is 6.04 Å². The fourth-order valence-electron chi connectivity index (χ4n) is 3.95. The van der Waals surface area contributed by atoms with Crippen molar-refractivity contribution in [3.05, 3.63) is 57.6 Å². The number of nitrogens with zero attached hydrogens (tertiary/aromatic N) is 1. The van der Waals surface area contributed by atoms with E-state index in [9.17, 15) is 4.79 Å². The lowest BCUT2D eigenvalue weighted by Crippen LogP contribution is -2.40. The molecule has 28 heavy (non-hydrogen) atoms. The van der Waals surface area contributed by atoms with Crippen LogP contribution >= 0.6 is 15.9 Å². The summed E-state index contributed by atoms with van der Waals surface area (Å²) in [7, 11) is 0. The molecule has 1 N–H and O–H groups in total. The third-order valence-corrected chi connectivity index (χ3v) is 5.97. The van der Waals surface area contributed by atoms with Crippen LogP contribution in [-0.2, 0) is 0 Å². The van der Waals surface area contributed by atoms with E-state index >= 15 is 0 Å². The zero-order valence-electron chi connectivity index (χ0n) is 16.3. The van der Waals surface area contributed by atoms with Crippen molar-refractivity contribution in [2.24, 2.45) is 0 Å². The maximum atomic E-state index is 12.9. The van der Waals surface area contributed by atoms with Crippen molar-refractivity contribution in [2.75, 3.05) is 19.6 Å². The zero-order valence-corrected chi connectivity index (χ0v) is 17.8. The highest BCUT2D eigenvalue weighted by Crippen LogP contribution is 2.29. The maximum Gasteiger partial charge on any atom is 0.287 e. The van der Waals surface area contributed by atoms with Crippen LogP contribution in [0.5, 0.6) is 0 Å². The molecule has 1 aromatic carbocycles. The predicted molar refractivity (Wildman–Crippen MR) is 113 cm³/mol. The molecule has 3 heterocycles. The van der Waals surface area contributed by atoms with Gasteiger partial charge in [0.1, 0.15) is 17.1 Å². The normalized spacial score (nSPS) is 16.4. The number of hydrogen-bond donors (Lipinski definition) is 1. The standard InChI is InChI=1S/C22H25BrN2O3/c1-14-6-8-20(27-14)18(25-10-4-3-5-11-25)13-24-22(26)21-15(2)17-12-16(23)7-9-19(17)28-21/h6-9,12,18H,3-5,10-11,13H2,1-2H3,(H,24,26)/t18-/m1/s1. The Kier molecular flexibility index (Phi) is 5.60. The third kappa shape index (κ3) is 3.89. The third-order valence-electron chi connectivity index (χ3n) is 5.48. The Labute approximate surface area is 173 Å². The first-order valence-electron chi connectivity index (χ1n) is 9.80. The van der Waals surface area contributed by atoms with Crippen molar-refractivity contribution in [1.82, 2.24) is 10.2 Å². The van der Waals surface area contributed by atoms with Gasteiger partial charge in [0.2, 0.25) is 0 Å². The molecule has 0 unspecified atom stereocenters. The summed E-state index contributed by atoms with van der Waals surface area (Å²) >= 11 is 3.48.